The van der Waals surface area contributed by atoms with Crippen LogP contribution in [-0.4, -0.2) is 19.0 Å². The van der Waals surface area contributed by atoms with E-state index in [0.717, 1.165) is 29.8 Å². The van der Waals surface area contributed by atoms with E-state index in [2.05, 4.69) is 22.5 Å². The van der Waals surface area contributed by atoms with Crippen molar-refractivity contribution < 1.29 is 4.79 Å². The number of hydrogen-bond acceptors (Lipinski definition) is 3. The van der Waals surface area contributed by atoms with Gasteiger partial charge in [-0.25, -0.2) is 0 Å². The molecule has 1 amide bonds. The highest BCUT2D eigenvalue weighted by atomic mass is 16.1. The zero-order valence-electron chi connectivity index (χ0n) is 12.7. The summed E-state index contributed by atoms with van der Waals surface area (Å²) in [6.45, 7) is 4.51. The number of hydrogen-bond donors (Lipinski definition) is 3. The van der Waals surface area contributed by atoms with Crippen molar-refractivity contribution in [1.82, 2.24) is 16.0 Å². The molecular formula is C17H25N3O. The summed E-state index contributed by atoms with van der Waals surface area (Å²) in [6, 6.07) is 8.08. The molecular weight excluding hydrogens is 262 g/mol. The van der Waals surface area contributed by atoms with Gasteiger partial charge in [-0.1, -0.05) is 38.0 Å². The maximum atomic E-state index is 12.2. The SMILES string of the molecule is C=C(NC)NCc1ccc(C(=O)NC2CCCCC2)cc1. The average Bonchev–Trinajstić information content (AvgIpc) is 2.54. The van der Waals surface area contributed by atoms with Crippen LogP contribution in [0.5, 0.6) is 0 Å². The van der Waals surface area contributed by atoms with Gasteiger partial charge in [-0.15, -0.1) is 0 Å². The fraction of sp³-hybridized carbons (Fsp3) is 0.471. The van der Waals surface area contributed by atoms with Crippen LogP contribution in [0.4, 0.5) is 0 Å². The van der Waals surface area contributed by atoms with Crippen LogP contribution in [0.25, 0.3) is 0 Å². The summed E-state index contributed by atoms with van der Waals surface area (Å²) >= 11 is 0. The Morgan fingerprint density at radius 3 is 2.48 bits per heavy atom. The zero-order valence-corrected chi connectivity index (χ0v) is 12.7. The number of nitrogens with one attached hydrogen (secondary N) is 3. The molecule has 0 unspecified atom stereocenters. The Labute approximate surface area is 127 Å². The Hall–Kier alpha value is -1.97. The molecule has 0 atom stereocenters. The molecule has 3 N–H and O–H groups in total. The van der Waals surface area contributed by atoms with Crippen molar-refractivity contribution in [3.63, 3.8) is 0 Å². The first-order chi connectivity index (χ1) is 10.2. The predicted molar refractivity (Wildman–Crippen MR) is 85.8 cm³/mol. The van der Waals surface area contributed by atoms with Gasteiger partial charge in [-0.3, -0.25) is 4.79 Å². The molecule has 4 heteroatoms. The van der Waals surface area contributed by atoms with Crippen molar-refractivity contribution >= 4 is 5.91 Å². The molecule has 1 fully saturated rings. The van der Waals surface area contributed by atoms with Crippen molar-refractivity contribution in [2.75, 3.05) is 7.05 Å². The summed E-state index contributed by atoms with van der Waals surface area (Å²) < 4.78 is 0. The first kappa shape index (κ1) is 15.4. The van der Waals surface area contributed by atoms with Crippen molar-refractivity contribution in [3.8, 4) is 0 Å². The van der Waals surface area contributed by atoms with Crippen LogP contribution in [0, 0.1) is 0 Å². The van der Waals surface area contributed by atoms with Crippen LogP contribution in [0.3, 0.4) is 0 Å². The maximum absolute atomic E-state index is 12.2. The molecule has 0 heterocycles. The lowest BCUT2D eigenvalue weighted by atomic mass is 9.95. The Balaban J connectivity index is 1.85. The first-order valence-corrected chi connectivity index (χ1v) is 7.69. The third kappa shape index (κ3) is 4.81. The summed E-state index contributed by atoms with van der Waals surface area (Å²) in [6.07, 6.45) is 5.97. The standard InChI is InChI=1S/C17H25N3O/c1-13(18-2)19-12-14-8-10-15(11-9-14)17(21)20-16-6-4-3-5-7-16/h8-11,16,18-19H,1,3-7,12H2,2H3,(H,20,21). The van der Waals surface area contributed by atoms with Gasteiger partial charge < -0.3 is 16.0 Å². The minimum absolute atomic E-state index is 0.0426. The highest BCUT2D eigenvalue weighted by molar-refractivity contribution is 5.94. The molecule has 1 aromatic rings. The van der Waals surface area contributed by atoms with Crippen LogP contribution in [0.1, 0.15) is 48.0 Å². The Kier molecular flexibility index (Phi) is 5.67. The van der Waals surface area contributed by atoms with Gasteiger partial charge in [-0.05, 0) is 30.5 Å². The Morgan fingerprint density at radius 1 is 1.19 bits per heavy atom. The lowest BCUT2D eigenvalue weighted by Crippen LogP contribution is -2.36. The second-order valence-electron chi connectivity index (χ2n) is 5.59. The van der Waals surface area contributed by atoms with E-state index in [0.29, 0.717) is 12.6 Å². The summed E-state index contributed by atoms with van der Waals surface area (Å²) in [5.41, 5.74) is 1.86. The highest BCUT2D eigenvalue weighted by Crippen LogP contribution is 2.18. The van der Waals surface area contributed by atoms with Gasteiger partial charge in [0.05, 0.1) is 5.82 Å². The molecule has 0 aliphatic heterocycles. The van der Waals surface area contributed by atoms with E-state index in [4.69, 9.17) is 0 Å². The third-order valence-corrected chi connectivity index (χ3v) is 3.96. The van der Waals surface area contributed by atoms with Gasteiger partial charge in [0.25, 0.3) is 5.91 Å². The molecule has 2 rings (SSSR count). The van der Waals surface area contributed by atoms with Crippen molar-refractivity contribution in [1.29, 1.82) is 0 Å². The van der Waals surface area contributed by atoms with Gasteiger partial charge in [0.2, 0.25) is 0 Å². The number of rotatable bonds is 6. The quantitative estimate of drug-likeness (QED) is 0.753. The topological polar surface area (TPSA) is 53.2 Å². The second kappa shape index (κ2) is 7.72. The van der Waals surface area contributed by atoms with Crippen molar-refractivity contribution in [2.45, 2.75) is 44.7 Å². The smallest absolute Gasteiger partial charge is 0.251 e. The van der Waals surface area contributed by atoms with E-state index in [1.165, 1.54) is 19.3 Å². The predicted octanol–water partition coefficient (Wildman–Crippen LogP) is 2.53. The Morgan fingerprint density at radius 2 is 1.86 bits per heavy atom. The molecule has 0 spiro atoms. The van der Waals surface area contributed by atoms with Crippen molar-refractivity contribution in [2.24, 2.45) is 0 Å². The van der Waals surface area contributed by atoms with Gasteiger partial charge in [0.15, 0.2) is 0 Å². The molecule has 1 aromatic carbocycles. The molecule has 1 saturated carbocycles. The van der Waals surface area contributed by atoms with Crippen LogP contribution in [-0.2, 0) is 6.54 Å². The van der Waals surface area contributed by atoms with E-state index in [1.54, 1.807) is 0 Å². The summed E-state index contributed by atoms with van der Waals surface area (Å²) in [5.74, 6) is 0.829. The summed E-state index contributed by atoms with van der Waals surface area (Å²) in [7, 11) is 1.83. The summed E-state index contributed by atoms with van der Waals surface area (Å²) in [5, 5.41) is 9.23. The number of benzene rings is 1. The molecule has 4 nitrogen and oxygen atoms in total. The van der Waals surface area contributed by atoms with Crippen LogP contribution >= 0.6 is 0 Å². The molecule has 21 heavy (non-hydrogen) atoms. The van der Waals surface area contributed by atoms with Gasteiger partial charge in [-0.2, -0.15) is 0 Å². The summed E-state index contributed by atoms with van der Waals surface area (Å²) in [4.78, 5) is 12.2. The molecule has 0 radical (unpaired) electrons. The monoisotopic (exact) mass is 287 g/mol. The number of carbonyl (C=O) groups is 1. The molecule has 1 aliphatic carbocycles. The van der Waals surface area contributed by atoms with Crippen LogP contribution < -0.4 is 16.0 Å². The average molecular weight is 287 g/mol. The van der Waals surface area contributed by atoms with E-state index in [-0.39, 0.29) is 5.91 Å². The molecule has 114 valence electrons. The Bertz CT molecular complexity index is 475. The lowest BCUT2D eigenvalue weighted by Gasteiger charge is -2.22. The van der Waals surface area contributed by atoms with Crippen LogP contribution in [0.2, 0.25) is 0 Å². The van der Waals surface area contributed by atoms with E-state index < -0.39 is 0 Å². The van der Waals surface area contributed by atoms with Crippen LogP contribution in [0.15, 0.2) is 36.7 Å². The molecule has 1 aliphatic rings. The van der Waals surface area contributed by atoms with E-state index >= 15 is 0 Å². The van der Waals surface area contributed by atoms with Crippen molar-refractivity contribution in [3.05, 3.63) is 47.8 Å². The lowest BCUT2D eigenvalue weighted by molar-refractivity contribution is 0.0927. The minimum Gasteiger partial charge on any atom is -0.375 e. The number of amides is 1. The van der Waals surface area contributed by atoms with E-state index in [9.17, 15) is 4.79 Å². The van der Waals surface area contributed by atoms with Gasteiger partial charge in [0.1, 0.15) is 0 Å². The number of carbonyl (C=O) groups excluding carboxylic acids is 1. The maximum Gasteiger partial charge on any atom is 0.251 e. The van der Waals surface area contributed by atoms with Gasteiger partial charge in [0, 0.05) is 25.2 Å². The molecule has 0 aromatic heterocycles. The fourth-order valence-corrected chi connectivity index (χ4v) is 2.59. The van der Waals surface area contributed by atoms with E-state index in [1.807, 2.05) is 31.3 Å². The highest BCUT2D eigenvalue weighted by Gasteiger charge is 2.16. The molecule has 0 saturated heterocycles. The fourth-order valence-electron chi connectivity index (χ4n) is 2.59. The second-order valence-corrected chi connectivity index (χ2v) is 5.59. The molecule has 0 bridgehead atoms. The normalized spacial score (nSPS) is 15.3. The minimum atomic E-state index is 0.0426. The third-order valence-electron chi connectivity index (χ3n) is 3.96. The van der Waals surface area contributed by atoms with Gasteiger partial charge >= 0.3 is 0 Å². The largest absolute Gasteiger partial charge is 0.375 e. The zero-order chi connectivity index (χ0) is 15.1. The first-order valence-electron chi connectivity index (χ1n) is 7.69.